The van der Waals surface area contributed by atoms with Gasteiger partial charge in [-0.2, -0.15) is 0 Å². The summed E-state index contributed by atoms with van der Waals surface area (Å²) in [6, 6.07) is 0. The van der Waals surface area contributed by atoms with Crippen LogP contribution in [0.4, 0.5) is 0 Å². The summed E-state index contributed by atoms with van der Waals surface area (Å²) in [5, 5.41) is 0. The molecule has 0 saturated heterocycles. The van der Waals surface area contributed by atoms with Crippen LogP contribution < -0.4 is 28.8 Å². The van der Waals surface area contributed by atoms with Gasteiger partial charge >= 0.3 is 80.3 Å². The fourth-order valence-electron chi connectivity index (χ4n) is 0. The van der Waals surface area contributed by atoms with Gasteiger partial charge in [0.2, 0.25) is 0 Å². The van der Waals surface area contributed by atoms with Crippen molar-refractivity contribution in [3.63, 3.8) is 0 Å². The largest absolute Gasteiger partial charge is 2.00 e. The fraction of sp³-hybridized carbons (Fsp3) is 0. The molecule has 0 aliphatic carbocycles. The van der Waals surface area contributed by atoms with Crippen LogP contribution in [0, 0.1) is 0 Å². The second-order valence-electron chi connectivity index (χ2n) is 0.750. The van der Waals surface area contributed by atoms with Crippen LogP contribution in [0.15, 0.2) is 0 Å². The van der Waals surface area contributed by atoms with Crippen LogP contribution in [0.25, 0.3) is 0 Å². The average Bonchev–Trinajstić information content (AvgIpc) is 1.54. The summed E-state index contributed by atoms with van der Waals surface area (Å²) in [7, 11) is -10.9. The molecule has 0 aliphatic heterocycles. The number of hydrogen-bond acceptors (Lipinski definition) is 9. The minimum atomic E-state index is -3.63. The molecule has 0 saturated carbocycles. The molecule has 72 valence electrons. The molecule has 0 aliphatic rings. The van der Waals surface area contributed by atoms with Gasteiger partial charge in [-0.15, -0.1) is 0 Å². The maximum atomic E-state index is 8.52. The van der Waals surface area contributed by atoms with E-state index in [9.17, 15) is 0 Å². The van der Waals surface area contributed by atoms with Crippen LogP contribution in [0.1, 0.15) is 0 Å². The standard InChI is InChI=1S/Ca.Mg.3O3Si.Zn/c;;3*1-4(2)3;/q2*+2;3*-2;+2. The summed E-state index contributed by atoms with van der Waals surface area (Å²) in [5.74, 6) is 0. The van der Waals surface area contributed by atoms with Gasteiger partial charge in [0.1, 0.15) is 0 Å². The number of rotatable bonds is 0. The van der Waals surface area contributed by atoms with Crippen molar-refractivity contribution in [1.82, 2.24) is 0 Å². The van der Waals surface area contributed by atoms with Gasteiger partial charge in [0, 0.05) is 27.5 Å². The molecule has 0 N–H and O–H groups in total. The van der Waals surface area contributed by atoms with Crippen molar-refractivity contribution >= 4 is 88.3 Å². The molecular weight excluding hydrogens is 358 g/mol. The van der Waals surface area contributed by atoms with Crippen LogP contribution in [-0.4, -0.2) is 88.3 Å². The third kappa shape index (κ3) is 1260. The summed E-state index contributed by atoms with van der Waals surface area (Å²) < 4.78 is 25.6. The van der Waals surface area contributed by atoms with Gasteiger partial charge in [-0.25, -0.2) is 0 Å². The molecule has 0 amide bonds. The van der Waals surface area contributed by atoms with E-state index in [1.54, 1.807) is 0 Å². The maximum Gasteiger partial charge on any atom is 2.00 e. The predicted molar refractivity (Wildman–Crippen MR) is 30.8 cm³/mol. The molecule has 0 rings (SSSR count). The van der Waals surface area contributed by atoms with Crippen molar-refractivity contribution < 1.29 is 61.6 Å². The Morgan fingerprint density at radius 3 is 0.600 bits per heavy atom. The summed E-state index contributed by atoms with van der Waals surface area (Å²) >= 11 is 0. The molecule has 0 aromatic carbocycles. The minimum Gasteiger partial charge on any atom is -0.672 e. The fourth-order valence-corrected chi connectivity index (χ4v) is 0. The molecule has 0 fully saturated rings. The topological polar surface area (TPSA) is 190 Å². The van der Waals surface area contributed by atoms with Crippen molar-refractivity contribution in [3.8, 4) is 0 Å². The Kier molecular flexibility index (Phi) is 70.9. The van der Waals surface area contributed by atoms with Gasteiger partial charge in [-0.1, -0.05) is 0 Å². The molecule has 0 spiro atoms. The first-order valence-corrected chi connectivity index (χ1v) is 5.51. The molecule has 15 heteroatoms. The smallest absolute Gasteiger partial charge is 0.672 e. The Bertz CT molecular complexity index is 123. The molecule has 9 nitrogen and oxygen atoms in total. The van der Waals surface area contributed by atoms with Crippen LogP contribution in [0.3, 0.4) is 0 Å². The van der Waals surface area contributed by atoms with Crippen LogP contribution >= 0.6 is 0 Å². The van der Waals surface area contributed by atoms with Gasteiger partial charge in [-0.05, 0) is 0 Å². The quantitative estimate of drug-likeness (QED) is 0.378. The van der Waals surface area contributed by atoms with Crippen molar-refractivity contribution in [3.05, 3.63) is 0 Å². The van der Waals surface area contributed by atoms with Crippen molar-refractivity contribution in [2.24, 2.45) is 0 Å². The molecule has 0 radical (unpaired) electrons. The summed E-state index contributed by atoms with van der Waals surface area (Å²) in [4.78, 5) is 51.1. The molecule has 0 bridgehead atoms. The number of hydrogen-bond donors (Lipinski definition) is 0. The second kappa shape index (κ2) is 29.6. The van der Waals surface area contributed by atoms with E-state index in [4.69, 9.17) is 42.2 Å². The van der Waals surface area contributed by atoms with Crippen molar-refractivity contribution in [1.29, 1.82) is 0 Å². The van der Waals surface area contributed by atoms with Gasteiger partial charge in [0.05, 0.1) is 0 Å². The van der Waals surface area contributed by atoms with Crippen molar-refractivity contribution in [2.75, 3.05) is 0 Å². The molecule has 0 atom stereocenters. The normalized spacial score (nSPS) is 4.80. The minimum absolute atomic E-state index is 0. The van der Waals surface area contributed by atoms with E-state index in [1.807, 2.05) is 0 Å². The van der Waals surface area contributed by atoms with Crippen LogP contribution in [0.5, 0.6) is 0 Å². The Hall–Kier alpha value is 1.50. The third-order valence-electron chi connectivity index (χ3n) is 0. The predicted octanol–water partition coefficient (Wildman–Crippen LogP) is -9.40. The molecule has 0 unspecified atom stereocenters. The second-order valence-corrected chi connectivity index (χ2v) is 2.25. The zero-order valence-electron chi connectivity index (χ0n) is 7.30. The van der Waals surface area contributed by atoms with E-state index in [-0.39, 0.29) is 80.3 Å². The molecule has 0 aromatic heterocycles. The van der Waals surface area contributed by atoms with Gasteiger partial charge in [0.15, 0.2) is 0 Å². The Morgan fingerprint density at radius 1 is 0.600 bits per heavy atom. The van der Waals surface area contributed by atoms with E-state index >= 15 is 0 Å². The summed E-state index contributed by atoms with van der Waals surface area (Å²) in [6.45, 7) is 0. The average molecular weight is 358 g/mol. The first kappa shape index (κ1) is 36.0. The van der Waals surface area contributed by atoms with E-state index in [1.165, 1.54) is 0 Å². The Balaban J connectivity index is -0.0000000184. The van der Waals surface area contributed by atoms with E-state index in [0.717, 1.165) is 0 Å². The van der Waals surface area contributed by atoms with E-state index < -0.39 is 27.5 Å². The van der Waals surface area contributed by atoms with Gasteiger partial charge < -0.3 is 42.2 Å². The first-order valence-electron chi connectivity index (χ1n) is 1.84. The SMILES string of the molecule is O=[Si]([O-])[O-].O=[Si]([O-])[O-].O=[Si]([O-])[O-].[Ca+2].[Mg+2].[Zn+2]. The zero-order chi connectivity index (χ0) is 10.7. The third-order valence-corrected chi connectivity index (χ3v) is 0. The van der Waals surface area contributed by atoms with E-state index in [0.29, 0.717) is 0 Å². The molecule has 0 aromatic rings. The molecular formula is CaMgO9Si3Zn. The van der Waals surface area contributed by atoms with E-state index in [2.05, 4.69) is 0 Å². The summed E-state index contributed by atoms with van der Waals surface area (Å²) in [5.41, 5.74) is 0. The van der Waals surface area contributed by atoms with Crippen LogP contribution in [-0.2, 0) is 32.9 Å². The monoisotopic (exact) mass is 356 g/mol. The zero-order valence-corrected chi connectivity index (χ0v) is 16.9. The maximum absolute atomic E-state index is 8.52. The van der Waals surface area contributed by atoms with Crippen LogP contribution in [0.2, 0.25) is 0 Å². The Labute approximate surface area is 148 Å². The first-order chi connectivity index (χ1) is 5.20. The van der Waals surface area contributed by atoms with Gasteiger partial charge in [0.25, 0.3) is 0 Å². The van der Waals surface area contributed by atoms with Crippen molar-refractivity contribution in [2.45, 2.75) is 0 Å². The molecule has 15 heavy (non-hydrogen) atoms. The Morgan fingerprint density at radius 2 is 0.600 bits per heavy atom. The summed E-state index contributed by atoms with van der Waals surface area (Å²) in [6.07, 6.45) is 0. The molecule has 0 heterocycles. The van der Waals surface area contributed by atoms with Gasteiger partial charge in [-0.3, -0.25) is 0 Å².